The molecule has 1 heterocycles. The van der Waals surface area contributed by atoms with Crippen LogP contribution >= 0.6 is 0 Å². The third-order valence-corrected chi connectivity index (χ3v) is 4.60. The van der Waals surface area contributed by atoms with Crippen molar-refractivity contribution in [2.75, 3.05) is 0 Å². The average molecular weight is 407 g/mol. The zero-order valence-corrected chi connectivity index (χ0v) is 15.2. The first-order valence-corrected chi connectivity index (χ1v) is 9.04. The van der Waals surface area contributed by atoms with E-state index in [0.717, 1.165) is 18.9 Å². The highest BCUT2D eigenvalue weighted by Crippen LogP contribution is 2.32. The fraction of sp³-hybridized carbons (Fsp3) is 0.300. The third-order valence-electron chi connectivity index (χ3n) is 4.60. The molecule has 0 atom stereocenters. The van der Waals surface area contributed by atoms with E-state index < -0.39 is 18.2 Å². The van der Waals surface area contributed by atoms with Crippen molar-refractivity contribution in [1.29, 1.82) is 0 Å². The van der Waals surface area contributed by atoms with Crippen LogP contribution < -0.4 is 4.74 Å². The van der Waals surface area contributed by atoms with E-state index in [1.54, 1.807) is 18.2 Å². The SMILES string of the molecule is Fc1ccc(CN(Cc2nc(-c3ccccc3OC(F)F)no2)C2CC2)c(F)c1. The van der Waals surface area contributed by atoms with Gasteiger partial charge in [-0.15, -0.1) is 0 Å². The molecule has 0 aliphatic heterocycles. The number of alkyl halides is 2. The molecule has 1 fully saturated rings. The minimum atomic E-state index is -2.97. The second-order valence-corrected chi connectivity index (χ2v) is 6.76. The van der Waals surface area contributed by atoms with Crippen molar-refractivity contribution in [2.45, 2.75) is 38.6 Å². The van der Waals surface area contributed by atoms with Crippen molar-refractivity contribution in [1.82, 2.24) is 15.0 Å². The van der Waals surface area contributed by atoms with Gasteiger partial charge in [0.15, 0.2) is 0 Å². The molecule has 0 radical (unpaired) electrons. The van der Waals surface area contributed by atoms with Crippen LogP contribution in [0.3, 0.4) is 0 Å². The topological polar surface area (TPSA) is 51.4 Å². The summed E-state index contributed by atoms with van der Waals surface area (Å²) in [5, 5.41) is 3.86. The molecule has 2 aromatic carbocycles. The zero-order chi connectivity index (χ0) is 20.4. The summed E-state index contributed by atoms with van der Waals surface area (Å²) in [6, 6.07) is 9.89. The summed E-state index contributed by atoms with van der Waals surface area (Å²) >= 11 is 0. The Balaban J connectivity index is 1.52. The molecule has 1 saturated carbocycles. The number of halogens is 4. The average Bonchev–Trinajstić information content (AvgIpc) is 3.42. The maximum Gasteiger partial charge on any atom is 0.387 e. The molecule has 0 unspecified atom stereocenters. The number of ether oxygens (including phenoxy) is 1. The zero-order valence-electron chi connectivity index (χ0n) is 15.2. The lowest BCUT2D eigenvalue weighted by Crippen LogP contribution is -2.25. The quantitative estimate of drug-likeness (QED) is 0.503. The Morgan fingerprint density at radius 3 is 2.62 bits per heavy atom. The first-order valence-electron chi connectivity index (χ1n) is 9.04. The predicted molar refractivity (Wildman–Crippen MR) is 95.0 cm³/mol. The molecule has 4 rings (SSSR count). The molecular formula is C20H17F4N3O2. The first-order chi connectivity index (χ1) is 14.0. The Bertz CT molecular complexity index is 991. The van der Waals surface area contributed by atoms with Crippen molar-refractivity contribution in [3.05, 3.63) is 65.6 Å². The minimum Gasteiger partial charge on any atom is -0.434 e. The van der Waals surface area contributed by atoms with Gasteiger partial charge in [-0.05, 0) is 31.0 Å². The Morgan fingerprint density at radius 2 is 1.90 bits per heavy atom. The maximum absolute atomic E-state index is 14.0. The lowest BCUT2D eigenvalue weighted by molar-refractivity contribution is -0.0494. The van der Waals surface area contributed by atoms with E-state index in [9.17, 15) is 17.6 Å². The summed E-state index contributed by atoms with van der Waals surface area (Å²) in [5.74, 6) is -0.904. The summed E-state index contributed by atoms with van der Waals surface area (Å²) in [6.45, 7) is -2.45. The van der Waals surface area contributed by atoms with Gasteiger partial charge in [-0.2, -0.15) is 13.8 Å². The molecular weight excluding hydrogens is 390 g/mol. The summed E-state index contributed by atoms with van der Waals surface area (Å²) < 4.78 is 62.1. The van der Waals surface area contributed by atoms with Gasteiger partial charge in [0.1, 0.15) is 17.4 Å². The summed E-state index contributed by atoms with van der Waals surface area (Å²) in [4.78, 5) is 6.25. The van der Waals surface area contributed by atoms with Crippen LogP contribution in [-0.2, 0) is 13.1 Å². The van der Waals surface area contributed by atoms with E-state index in [1.807, 2.05) is 4.90 Å². The molecule has 1 aromatic heterocycles. The van der Waals surface area contributed by atoms with Crippen LogP contribution in [-0.4, -0.2) is 27.7 Å². The normalized spacial score (nSPS) is 14.0. The van der Waals surface area contributed by atoms with Gasteiger partial charge in [0.25, 0.3) is 0 Å². The van der Waals surface area contributed by atoms with Crippen LogP contribution in [0.4, 0.5) is 17.6 Å². The first kappa shape index (κ1) is 19.4. The molecule has 0 bridgehead atoms. The third kappa shape index (κ3) is 4.73. The molecule has 152 valence electrons. The van der Waals surface area contributed by atoms with Crippen LogP contribution in [0.25, 0.3) is 11.4 Å². The van der Waals surface area contributed by atoms with Gasteiger partial charge in [-0.25, -0.2) is 8.78 Å². The van der Waals surface area contributed by atoms with Crippen LogP contribution in [0.15, 0.2) is 47.0 Å². The van der Waals surface area contributed by atoms with Crippen molar-refractivity contribution >= 4 is 0 Å². The van der Waals surface area contributed by atoms with Crippen molar-refractivity contribution in [3.63, 3.8) is 0 Å². The number of aromatic nitrogens is 2. The molecule has 1 aliphatic rings. The highest BCUT2D eigenvalue weighted by Gasteiger charge is 2.31. The Kier molecular flexibility index (Phi) is 5.48. The van der Waals surface area contributed by atoms with Gasteiger partial charge < -0.3 is 9.26 Å². The number of rotatable bonds is 8. The van der Waals surface area contributed by atoms with Gasteiger partial charge in [-0.1, -0.05) is 23.4 Å². The molecule has 0 spiro atoms. The van der Waals surface area contributed by atoms with Crippen LogP contribution in [0.2, 0.25) is 0 Å². The van der Waals surface area contributed by atoms with Crippen molar-refractivity contribution < 1.29 is 26.8 Å². The van der Waals surface area contributed by atoms with Gasteiger partial charge in [0.2, 0.25) is 11.7 Å². The van der Waals surface area contributed by atoms with Crippen LogP contribution in [0, 0.1) is 11.6 Å². The van der Waals surface area contributed by atoms with Gasteiger partial charge in [0, 0.05) is 24.2 Å². The number of hydrogen-bond donors (Lipinski definition) is 0. The summed E-state index contributed by atoms with van der Waals surface area (Å²) in [5.41, 5.74) is 0.652. The summed E-state index contributed by atoms with van der Waals surface area (Å²) in [7, 11) is 0. The fourth-order valence-electron chi connectivity index (χ4n) is 3.07. The monoisotopic (exact) mass is 407 g/mol. The number of para-hydroxylation sites is 1. The van der Waals surface area contributed by atoms with E-state index in [0.29, 0.717) is 5.56 Å². The van der Waals surface area contributed by atoms with Gasteiger partial charge in [-0.3, -0.25) is 4.90 Å². The van der Waals surface area contributed by atoms with E-state index in [2.05, 4.69) is 14.9 Å². The van der Waals surface area contributed by atoms with E-state index in [1.165, 1.54) is 18.2 Å². The smallest absolute Gasteiger partial charge is 0.387 e. The standard InChI is InChI=1S/C20H17F4N3O2/c21-13-6-5-12(16(22)9-13)10-27(14-7-8-14)11-18-25-19(26-29-18)15-3-1-2-4-17(15)28-20(23)24/h1-6,9,14,20H,7-8,10-11H2. The van der Waals surface area contributed by atoms with E-state index >= 15 is 0 Å². The molecule has 9 heteroatoms. The highest BCUT2D eigenvalue weighted by molar-refractivity contribution is 5.63. The lowest BCUT2D eigenvalue weighted by atomic mass is 10.2. The predicted octanol–water partition coefficient (Wildman–Crippen LogP) is 4.78. The van der Waals surface area contributed by atoms with Crippen molar-refractivity contribution in [2.24, 2.45) is 0 Å². The van der Waals surface area contributed by atoms with Gasteiger partial charge in [0.05, 0.1) is 12.1 Å². The molecule has 3 aromatic rings. The molecule has 5 nitrogen and oxygen atoms in total. The lowest BCUT2D eigenvalue weighted by Gasteiger charge is -2.20. The number of nitrogens with zero attached hydrogens (tertiary/aromatic N) is 3. The second kappa shape index (κ2) is 8.20. The van der Waals surface area contributed by atoms with Crippen LogP contribution in [0.1, 0.15) is 24.3 Å². The highest BCUT2D eigenvalue weighted by atomic mass is 19.3. The molecule has 0 N–H and O–H groups in total. The largest absolute Gasteiger partial charge is 0.434 e. The van der Waals surface area contributed by atoms with E-state index in [-0.39, 0.29) is 42.2 Å². The minimum absolute atomic E-state index is 0.0534. The Morgan fingerprint density at radius 1 is 1.10 bits per heavy atom. The Labute approximate surface area is 163 Å². The second-order valence-electron chi connectivity index (χ2n) is 6.76. The van der Waals surface area contributed by atoms with Crippen LogP contribution in [0.5, 0.6) is 5.75 Å². The van der Waals surface area contributed by atoms with Gasteiger partial charge >= 0.3 is 6.61 Å². The molecule has 0 saturated heterocycles. The molecule has 0 amide bonds. The molecule has 1 aliphatic carbocycles. The Hall–Kier alpha value is -2.94. The number of hydrogen-bond acceptors (Lipinski definition) is 5. The summed E-state index contributed by atoms with van der Waals surface area (Å²) in [6.07, 6.45) is 1.91. The molecule has 29 heavy (non-hydrogen) atoms. The number of benzene rings is 2. The van der Waals surface area contributed by atoms with E-state index in [4.69, 9.17) is 4.52 Å². The maximum atomic E-state index is 14.0. The fourth-order valence-corrected chi connectivity index (χ4v) is 3.07. The van der Waals surface area contributed by atoms with Crippen molar-refractivity contribution in [3.8, 4) is 17.1 Å².